The maximum Gasteiger partial charge on any atom is 0.294 e. The van der Waals surface area contributed by atoms with Crippen molar-refractivity contribution in [1.82, 2.24) is 0 Å². The Morgan fingerprint density at radius 1 is 0.833 bits per heavy atom. The molecule has 1 atom stereocenters. The van der Waals surface area contributed by atoms with Gasteiger partial charge in [-0.15, -0.1) is 0 Å². The number of carbonyl (C=O) groups is 2. The number of anilines is 1. The highest BCUT2D eigenvalue weighted by Crippen LogP contribution is 2.44. The summed E-state index contributed by atoms with van der Waals surface area (Å²) in [5.74, 6) is -4.65. The predicted octanol–water partition coefficient (Wildman–Crippen LogP) is 6.65. The van der Waals surface area contributed by atoms with Crippen molar-refractivity contribution in [3.8, 4) is 0 Å². The van der Waals surface area contributed by atoms with Crippen molar-refractivity contribution >= 4 is 39.1 Å². The third-order valence-electron chi connectivity index (χ3n) is 6.40. The Balaban J connectivity index is 1.58. The van der Waals surface area contributed by atoms with Gasteiger partial charge in [-0.3, -0.25) is 14.5 Å². The monoisotopic (exact) mass is 481 g/mol. The Labute approximate surface area is 203 Å². The van der Waals surface area contributed by atoms with E-state index in [1.54, 1.807) is 42.5 Å². The molecular formula is C29H17F2NO4. The fourth-order valence-electron chi connectivity index (χ4n) is 4.75. The SMILES string of the molecule is O=C(C1=C(O)C(=O)N(c2ccc(F)c(F)c2)C1c1cccc2ccccc12)c1cc2ccccc2o1. The van der Waals surface area contributed by atoms with Crippen LogP contribution in [0.3, 0.4) is 0 Å². The fraction of sp³-hybridized carbons (Fsp3) is 0.0345. The molecule has 0 saturated heterocycles. The van der Waals surface area contributed by atoms with E-state index in [0.29, 0.717) is 16.5 Å². The lowest BCUT2D eigenvalue weighted by Gasteiger charge is -2.27. The zero-order chi connectivity index (χ0) is 25.0. The first-order valence-corrected chi connectivity index (χ1v) is 11.2. The van der Waals surface area contributed by atoms with E-state index in [4.69, 9.17) is 4.42 Å². The summed E-state index contributed by atoms with van der Waals surface area (Å²) < 4.78 is 33.7. The Kier molecular flexibility index (Phi) is 4.93. The van der Waals surface area contributed by atoms with Gasteiger partial charge >= 0.3 is 0 Å². The molecule has 4 aromatic carbocycles. The highest BCUT2D eigenvalue weighted by molar-refractivity contribution is 6.21. The normalized spacial score (nSPS) is 15.9. The molecule has 1 aromatic heterocycles. The number of halogens is 2. The van der Waals surface area contributed by atoms with Gasteiger partial charge in [0, 0.05) is 17.1 Å². The van der Waals surface area contributed by atoms with Crippen molar-refractivity contribution in [1.29, 1.82) is 0 Å². The van der Waals surface area contributed by atoms with Crippen LogP contribution in [0, 0.1) is 11.6 Å². The van der Waals surface area contributed by atoms with Crippen LogP contribution in [0.25, 0.3) is 21.7 Å². The number of aliphatic hydroxyl groups is 1. The maximum absolute atomic E-state index is 14.2. The van der Waals surface area contributed by atoms with Crippen LogP contribution in [0.5, 0.6) is 0 Å². The van der Waals surface area contributed by atoms with Crippen molar-refractivity contribution in [2.24, 2.45) is 0 Å². The summed E-state index contributed by atoms with van der Waals surface area (Å²) in [5.41, 5.74) is 0.801. The minimum absolute atomic E-state index is 0.00390. The molecule has 5 nitrogen and oxygen atoms in total. The third kappa shape index (κ3) is 3.28. The summed E-state index contributed by atoms with van der Waals surface area (Å²) in [6, 6.07) is 23.2. The number of amides is 1. The molecule has 6 rings (SSSR count). The second-order valence-corrected chi connectivity index (χ2v) is 8.48. The number of carbonyl (C=O) groups excluding carboxylic acids is 2. The van der Waals surface area contributed by atoms with E-state index in [2.05, 4.69) is 0 Å². The molecule has 1 aliphatic rings. The minimum atomic E-state index is -1.16. The van der Waals surface area contributed by atoms with Gasteiger partial charge in [-0.25, -0.2) is 8.78 Å². The number of para-hydroxylation sites is 1. The van der Waals surface area contributed by atoms with Crippen LogP contribution < -0.4 is 4.90 Å². The molecule has 0 fully saturated rings. The van der Waals surface area contributed by atoms with Crippen LogP contribution in [-0.2, 0) is 4.79 Å². The molecule has 0 bridgehead atoms. The summed E-state index contributed by atoms with van der Waals surface area (Å²) in [7, 11) is 0. The van der Waals surface area contributed by atoms with E-state index < -0.39 is 35.1 Å². The summed E-state index contributed by atoms with van der Waals surface area (Å²) in [6.45, 7) is 0. The molecule has 1 unspecified atom stereocenters. The second-order valence-electron chi connectivity index (χ2n) is 8.48. The van der Waals surface area contributed by atoms with Crippen molar-refractivity contribution < 1.29 is 27.9 Å². The van der Waals surface area contributed by atoms with Crippen LogP contribution in [0.2, 0.25) is 0 Å². The molecule has 7 heteroatoms. The van der Waals surface area contributed by atoms with Gasteiger partial charge in [-0.1, -0.05) is 60.7 Å². The van der Waals surface area contributed by atoms with Gasteiger partial charge < -0.3 is 9.52 Å². The number of Topliss-reactive ketones (excluding diaryl/α,β-unsaturated/α-hetero) is 1. The number of ketones is 1. The minimum Gasteiger partial charge on any atom is -0.503 e. The largest absolute Gasteiger partial charge is 0.503 e. The van der Waals surface area contributed by atoms with Gasteiger partial charge in [0.15, 0.2) is 23.2 Å². The highest BCUT2D eigenvalue weighted by Gasteiger charge is 2.46. The molecule has 1 amide bonds. The second kappa shape index (κ2) is 8.16. The van der Waals surface area contributed by atoms with Crippen molar-refractivity contribution in [3.05, 3.63) is 125 Å². The summed E-state index contributed by atoms with van der Waals surface area (Å²) in [6.07, 6.45) is 0. The van der Waals surface area contributed by atoms with E-state index in [1.165, 1.54) is 6.07 Å². The van der Waals surface area contributed by atoms with Gasteiger partial charge in [0.05, 0.1) is 11.6 Å². The van der Waals surface area contributed by atoms with Gasteiger partial charge in [0.2, 0.25) is 5.78 Å². The van der Waals surface area contributed by atoms with Crippen molar-refractivity contribution in [3.63, 3.8) is 0 Å². The van der Waals surface area contributed by atoms with Gasteiger partial charge in [0.1, 0.15) is 5.58 Å². The number of aliphatic hydroxyl groups excluding tert-OH is 1. The topological polar surface area (TPSA) is 70.8 Å². The van der Waals surface area contributed by atoms with E-state index >= 15 is 0 Å². The quantitative estimate of drug-likeness (QED) is 0.292. The van der Waals surface area contributed by atoms with Crippen LogP contribution in [0.15, 0.2) is 107 Å². The Morgan fingerprint density at radius 2 is 1.56 bits per heavy atom. The number of rotatable bonds is 4. The average molecular weight is 481 g/mol. The van der Waals surface area contributed by atoms with E-state index in [1.807, 2.05) is 30.3 Å². The number of nitrogens with zero attached hydrogens (tertiary/aromatic N) is 1. The zero-order valence-corrected chi connectivity index (χ0v) is 18.6. The highest BCUT2D eigenvalue weighted by atomic mass is 19.2. The number of fused-ring (bicyclic) bond motifs is 2. The Bertz CT molecular complexity index is 1700. The first-order valence-electron chi connectivity index (χ1n) is 11.2. The smallest absolute Gasteiger partial charge is 0.294 e. The maximum atomic E-state index is 14.2. The first-order chi connectivity index (χ1) is 17.4. The molecule has 0 saturated carbocycles. The number of hydrogen-bond donors (Lipinski definition) is 1. The molecule has 176 valence electrons. The van der Waals surface area contributed by atoms with Crippen LogP contribution >= 0.6 is 0 Å². The Morgan fingerprint density at radius 3 is 2.33 bits per heavy atom. The molecule has 36 heavy (non-hydrogen) atoms. The molecule has 1 N–H and O–H groups in total. The molecule has 2 heterocycles. The number of furan rings is 1. The van der Waals surface area contributed by atoms with Crippen LogP contribution in [0.4, 0.5) is 14.5 Å². The lowest BCUT2D eigenvalue weighted by atomic mass is 9.91. The third-order valence-corrected chi connectivity index (χ3v) is 6.40. The van der Waals surface area contributed by atoms with Crippen LogP contribution in [-0.4, -0.2) is 16.8 Å². The average Bonchev–Trinajstić information content (AvgIpc) is 3.44. The standard InChI is InChI=1S/C29H17F2NO4/c30-21-13-12-18(15-22(21)31)32-26(20-10-5-8-16-6-1-3-9-19(16)20)25(28(34)29(32)35)27(33)24-14-17-7-2-4-11-23(17)36-24/h1-15,26,34H. The van der Waals surface area contributed by atoms with E-state index in [0.717, 1.165) is 27.8 Å². The lowest BCUT2D eigenvalue weighted by Crippen LogP contribution is -2.31. The van der Waals surface area contributed by atoms with Crippen LogP contribution in [0.1, 0.15) is 22.2 Å². The molecule has 0 radical (unpaired) electrons. The molecule has 0 aliphatic carbocycles. The Hall–Kier alpha value is -4.78. The number of hydrogen-bond acceptors (Lipinski definition) is 4. The molecular weight excluding hydrogens is 464 g/mol. The zero-order valence-electron chi connectivity index (χ0n) is 18.6. The summed E-state index contributed by atoms with van der Waals surface area (Å²) >= 11 is 0. The fourth-order valence-corrected chi connectivity index (χ4v) is 4.75. The van der Waals surface area contributed by atoms with Gasteiger partial charge in [0.25, 0.3) is 5.91 Å². The van der Waals surface area contributed by atoms with Crippen molar-refractivity contribution in [2.75, 3.05) is 4.90 Å². The molecule has 5 aromatic rings. The molecule has 0 spiro atoms. The summed E-state index contributed by atoms with van der Waals surface area (Å²) in [5, 5.41) is 13.2. The summed E-state index contributed by atoms with van der Waals surface area (Å²) in [4.78, 5) is 28.2. The molecule has 1 aliphatic heterocycles. The predicted molar refractivity (Wildman–Crippen MR) is 131 cm³/mol. The van der Waals surface area contributed by atoms with Crippen molar-refractivity contribution in [2.45, 2.75) is 6.04 Å². The van der Waals surface area contributed by atoms with E-state index in [-0.39, 0.29) is 17.0 Å². The van der Waals surface area contributed by atoms with E-state index in [9.17, 15) is 23.5 Å². The lowest BCUT2D eigenvalue weighted by molar-refractivity contribution is -0.117. The van der Waals surface area contributed by atoms with Gasteiger partial charge in [-0.2, -0.15) is 0 Å². The number of benzene rings is 4. The first kappa shape index (κ1) is 21.7. The van der Waals surface area contributed by atoms with Gasteiger partial charge in [-0.05, 0) is 40.6 Å².